The fraction of sp³-hybridized carbons (Fsp3) is 0.538. The van der Waals surface area contributed by atoms with E-state index in [0.29, 0.717) is 12.3 Å². The van der Waals surface area contributed by atoms with Crippen LogP contribution in [0.2, 0.25) is 0 Å². The number of halogens is 3. The van der Waals surface area contributed by atoms with Gasteiger partial charge in [0.15, 0.2) is 0 Å². The van der Waals surface area contributed by atoms with Crippen molar-refractivity contribution in [1.82, 2.24) is 0 Å². The Bertz CT molecular complexity index is 428. The zero-order valence-corrected chi connectivity index (χ0v) is 11.8. The molecule has 2 nitrogen and oxygen atoms in total. The summed E-state index contributed by atoms with van der Waals surface area (Å²) in [4.78, 5) is 0. The molecule has 1 aliphatic rings. The van der Waals surface area contributed by atoms with E-state index in [4.69, 9.17) is 4.74 Å². The molecule has 0 amide bonds. The Kier molecular flexibility index (Phi) is 4.56. The number of anilines is 1. The van der Waals surface area contributed by atoms with Crippen LogP contribution in [-0.2, 0) is 4.74 Å². The fourth-order valence-electron chi connectivity index (χ4n) is 2.15. The van der Waals surface area contributed by atoms with E-state index in [1.807, 2.05) is 0 Å². The standard InChI is InChI=1S/C13H16BrF2NO/c1-2-9-5-8(3-4-18-9)17-13-6-10(14)11(15)7-12(13)16/h6-9,17H,2-5H2,1H3. The summed E-state index contributed by atoms with van der Waals surface area (Å²) in [6.45, 7) is 2.75. The number of benzene rings is 1. The second kappa shape index (κ2) is 5.97. The lowest BCUT2D eigenvalue weighted by Crippen LogP contribution is -2.33. The van der Waals surface area contributed by atoms with Gasteiger partial charge in [0.1, 0.15) is 11.6 Å². The van der Waals surface area contributed by atoms with E-state index >= 15 is 0 Å². The third kappa shape index (κ3) is 3.20. The molecule has 0 aliphatic carbocycles. The van der Waals surface area contributed by atoms with Crippen molar-refractivity contribution in [3.8, 4) is 0 Å². The summed E-state index contributed by atoms with van der Waals surface area (Å²) in [5.41, 5.74) is 0.338. The van der Waals surface area contributed by atoms with E-state index in [-0.39, 0.29) is 16.6 Å². The molecular weight excluding hydrogens is 304 g/mol. The summed E-state index contributed by atoms with van der Waals surface area (Å²) in [6.07, 6.45) is 2.87. The van der Waals surface area contributed by atoms with Gasteiger partial charge < -0.3 is 10.1 Å². The third-order valence-corrected chi connectivity index (χ3v) is 3.80. The van der Waals surface area contributed by atoms with Crippen molar-refractivity contribution >= 4 is 21.6 Å². The average Bonchev–Trinajstić information content (AvgIpc) is 2.36. The van der Waals surface area contributed by atoms with Gasteiger partial charge in [-0.2, -0.15) is 0 Å². The molecule has 1 aromatic rings. The summed E-state index contributed by atoms with van der Waals surface area (Å²) in [6, 6.07) is 2.51. The number of hydrogen-bond acceptors (Lipinski definition) is 2. The lowest BCUT2D eigenvalue weighted by Gasteiger charge is -2.30. The minimum atomic E-state index is -0.587. The molecule has 18 heavy (non-hydrogen) atoms. The predicted octanol–water partition coefficient (Wildman–Crippen LogP) is 4.10. The molecule has 0 saturated carbocycles. The summed E-state index contributed by atoms with van der Waals surface area (Å²) in [5.74, 6) is -1.15. The molecule has 0 spiro atoms. The van der Waals surface area contributed by atoms with Crippen LogP contribution in [0.15, 0.2) is 16.6 Å². The first-order valence-corrected chi connectivity index (χ1v) is 6.92. The molecule has 1 fully saturated rings. The molecule has 0 radical (unpaired) electrons. The highest BCUT2D eigenvalue weighted by molar-refractivity contribution is 9.10. The highest BCUT2D eigenvalue weighted by Gasteiger charge is 2.22. The predicted molar refractivity (Wildman–Crippen MR) is 70.7 cm³/mol. The molecule has 2 unspecified atom stereocenters. The normalized spacial score (nSPS) is 24.0. The summed E-state index contributed by atoms with van der Waals surface area (Å²) in [7, 11) is 0. The first kappa shape index (κ1) is 13.7. The maximum atomic E-state index is 13.6. The van der Waals surface area contributed by atoms with Crippen molar-refractivity contribution in [2.45, 2.75) is 38.3 Å². The summed E-state index contributed by atoms with van der Waals surface area (Å²) >= 11 is 3.06. The molecule has 2 rings (SSSR count). The molecule has 1 aliphatic heterocycles. The van der Waals surface area contributed by atoms with Crippen LogP contribution in [0.1, 0.15) is 26.2 Å². The van der Waals surface area contributed by atoms with Crippen LogP contribution >= 0.6 is 15.9 Å². The minimum Gasteiger partial charge on any atom is -0.380 e. The van der Waals surface area contributed by atoms with Gasteiger partial charge in [-0.25, -0.2) is 8.78 Å². The van der Waals surface area contributed by atoms with E-state index < -0.39 is 11.6 Å². The minimum absolute atomic E-state index is 0.176. The summed E-state index contributed by atoms with van der Waals surface area (Å²) < 4.78 is 32.6. The fourth-order valence-corrected chi connectivity index (χ4v) is 2.49. The van der Waals surface area contributed by atoms with E-state index in [1.54, 1.807) is 0 Å². The average molecular weight is 320 g/mol. The summed E-state index contributed by atoms with van der Waals surface area (Å²) in [5, 5.41) is 3.13. The van der Waals surface area contributed by atoms with Gasteiger partial charge in [-0.15, -0.1) is 0 Å². The Morgan fingerprint density at radius 1 is 1.39 bits per heavy atom. The van der Waals surface area contributed by atoms with E-state index in [9.17, 15) is 8.78 Å². The van der Waals surface area contributed by atoms with Crippen molar-refractivity contribution in [2.75, 3.05) is 11.9 Å². The molecule has 1 saturated heterocycles. The quantitative estimate of drug-likeness (QED) is 0.847. The van der Waals surface area contributed by atoms with Crippen LogP contribution in [0.3, 0.4) is 0 Å². The second-order valence-corrected chi connectivity index (χ2v) is 5.37. The molecule has 0 aromatic heterocycles. The van der Waals surface area contributed by atoms with Crippen molar-refractivity contribution in [3.05, 3.63) is 28.2 Å². The zero-order valence-electron chi connectivity index (χ0n) is 10.2. The second-order valence-electron chi connectivity index (χ2n) is 4.51. The zero-order chi connectivity index (χ0) is 13.1. The van der Waals surface area contributed by atoms with Gasteiger partial charge in [0.05, 0.1) is 16.3 Å². The molecule has 0 bridgehead atoms. The van der Waals surface area contributed by atoms with E-state index in [1.165, 1.54) is 6.07 Å². The van der Waals surface area contributed by atoms with Crippen LogP contribution in [0.5, 0.6) is 0 Å². The smallest absolute Gasteiger partial charge is 0.149 e. The van der Waals surface area contributed by atoms with Crippen LogP contribution < -0.4 is 5.32 Å². The Morgan fingerprint density at radius 3 is 2.89 bits per heavy atom. The van der Waals surface area contributed by atoms with Crippen LogP contribution in [0.25, 0.3) is 0 Å². The Morgan fingerprint density at radius 2 is 2.17 bits per heavy atom. The first-order valence-electron chi connectivity index (χ1n) is 6.12. The number of ether oxygens (including phenoxy) is 1. The van der Waals surface area contributed by atoms with Gasteiger partial charge >= 0.3 is 0 Å². The number of hydrogen-bond donors (Lipinski definition) is 1. The highest BCUT2D eigenvalue weighted by Crippen LogP contribution is 2.26. The first-order chi connectivity index (χ1) is 8.60. The SMILES string of the molecule is CCC1CC(Nc2cc(Br)c(F)cc2F)CCO1. The van der Waals surface area contributed by atoms with Crippen LogP contribution in [0.4, 0.5) is 14.5 Å². The lowest BCUT2D eigenvalue weighted by molar-refractivity contribution is 0.00921. The monoisotopic (exact) mass is 319 g/mol. The Labute approximate surface area is 114 Å². The largest absolute Gasteiger partial charge is 0.380 e. The van der Waals surface area contributed by atoms with Gasteiger partial charge in [0.25, 0.3) is 0 Å². The third-order valence-electron chi connectivity index (χ3n) is 3.19. The van der Waals surface area contributed by atoms with Crippen molar-refractivity contribution in [1.29, 1.82) is 0 Å². The molecule has 5 heteroatoms. The molecule has 100 valence electrons. The van der Waals surface area contributed by atoms with Crippen LogP contribution in [0, 0.1) is 11.6 Å². The van der Waals surface area contributed by atoms with Gasteiger partial charge in [-0.05, 0) is 41.3 Å². The Balaban J connectivity index is 2.07. The van der Waals surface area contributed by atoms with E-state index in [2.05, 4.69) is 28.2 Å². The van der Waals surface area contributed by atoms with Gasteiger partial charge in [-0.3, -0.25) is 0 Å². The van der Waals surface area contributed by atoms with Gasteiger partial charge in [0, 0.05) is 18.7 Å². The van der Waals surface area contributed by atoms with Gasteiger partial charge in [-0.1, -0.05) is 6.92 Å². The van der Waals surface area contributed by atoms with Crippen molar-refractivity contribution in [2.24, 2.45) is 0 Å². The molecule has 1 N–H and O–H groups in total. The molecule has 1 aromatic carbocycles. The molecular formula is C13H16BrF2NO. The van der Waals surface area contributed by atoms with E-state index in [0.717, 1.165) is 25.3 Å². The lowest BCUT2D eigenvalue weighted by atomic mass is 10.0. The molecule has 2 atom stereocenters. The van der Waals surface area contributed by atoms with Crippen molar-refractivity contribution in [3.63, 3.8) is 0 Å². The van der Waals surface area contributed by atoms with Crippen LogP contribution in [-0.4, -0.2) is 18.8 Å². The number of nitrogens with one attached hydrogen (secondary N) is 1. The maximum absolute atomic E-state index is 13.6. The van der Waals surface area contributed by atoms with Gasteiger partial charge in [0.2, 0.25) is 0 Å². The topological polar surface area (TPSA) is 21.3 Å². The van der Waals surface area contributed by atoms with Crippen molar-refractivity contribution < 1.29 is 13.5 Å². The Hall–Kier alpha value is -0.680. The molecule has 1 heterocycles. The number of rotatable bonds is 3. The highest BCUT2D eigenvalue weighted by atomic mass is 79.9. The maximum Gasteiger partial charge on any atom is 0.149 e.